The fraction of sp³-hybridized carbons (Fsp3) is 0.474. The van der Waals surface area contributed by atoms with Gasteiger partial charge in [0.25, 0.3) is 0 Å². The van der Waals surface area contributed by atoms with E-state index in [1.807, 2.05) is 11.3 Å². The second kappa shape index (κ2) is 5.58. The summed E-state index contributed by atoms with van der Waals surface area (Å²) in [6.45, 7) is 0. The van der Waals surface area contributed by atoms with Crippen LogP contribution in [0.4, 0.5) is 0 Å². The molecule has 4 rings (SSSR count). The van der Waals surface area contributed by atoms with Crippen LogP contribution in [0.3, 0.4) is 0 Å². The molecule has 1 saturated carbocycles. The predicted octanol–water partition coefficient (Wildman–Crippen LogP) is 5.17. The van der Waals surface area contributed by atoms with Crippen LogP contribution in [0.15, 0.2) is 35.7 Å². The van der Waals surface area contributed by atoms with Gasteiger partial charge in [-0.3, -0.25) is 0 Å². The summed E-state index contributed by atoms with van der Waals surface area (Å²) in [5.74, 6) is 0.975. The molecule has 2 aliphatic carbocycles. The number of aliphatic hydroxyl groups is 1. The van der Waals surface area contributed by atoms with Gasteiger partial charge in [-0.15, -0.1) is 11.3 Å². The molecule has 1 heterocycles. The summed E-state index contributed by atoms with van der Waals surface area (Å²) in [5, 5.41) is 13.3. The van der Waals surface area contributed by atoms with Gasteiger partial charge >= 0.3 is 0 Å². The maximum absolute atomic E-state index is 11.1. The number of thiophene rings is 1. The van der Waals surface area contributed by atoms with Gasteiger partial charge in [-0.1, -0.05) is 30.7 Å². The zero-order valence-electron chi connectivity index (χ0n) is 12.3. The molecule has 2 aromatic rings. The Balaban J connectivity index is 1.68. The summed E-state index contributed by atoms with van der Waals surface area (Å²) in [4.78, 5) is 1.49. The molecule has 0 radical (unpaired) electrons. The van der Waals surface area contributed by atoms with Crippen molar-refractivity contribution < 1.29 is 5.11 Å². The van der Waals surface area contributed by atoms with Crippen molar-refractivity contribution in [1.29, 1.82) is 0 Å². The fourth-order valence-electron chi connectivity index (χ4n) is 3.94. The largest absolute Gasteiger partial charge is 0.388 e. The summed E-state index contributed by atoms with van der Waals surface area (Å²) < 4.78 is 0. The Bertz CT molecular complexity index is 626. The maximum atomic E-state index is 11.1. The average molecular weight is 298 g/mol. The highest BCUT2D eigenvalue weighted by atomic mass is 32.1. The van der Waals surface area contributed by atoms with Crippen LogP contribution >= 0.6 is 11.3 Å². The van der Waals surface area contributed by atoms with Gasteiger partial charge in [0.1, 0.15) is 0 Å². The van der Waals surface area contributed by atoms with Gasteiger partial charge in [-0.25, -0.2) is 0 Å². The minimum atomic E-state index is -0.338. The first-order valence-corrected chi connectivity index (χ1v) is 9.05. The first kappa shape index (κ1) is 13.5. The normalized spacial score (nSPS) is 23.4. The molecule has 2 unspecified atom stereocenters. The van der Waals surface area contributed by atoms with Gasteiger partial charge in [0.2, 0.25) is 0 Å². The summed E-state index contributed by atoms with van der Waals surface area (Å²) in [5.41, 5.74) is 3.99. The van der Waals surface area contributed by atoms with Crippen molar-refractivity contribution in [2.75, 3.05) is 0 Å². The molecule has 0 aliphatic heterocycles. The Hall–Kier alpha value is -1.12. The molecule has 2 heteroatoms. The van der Waals surface area contributed by atoms with Crippen LogP contribution in [-0.4, -0.2) is 5.11 Å². The molecule has 1 fully saturated rings. The van der Waals surface area contributed by atoms with E-state index in [1.165, 1.54) is 53.7 Å². The second-order valence-electron chi connectivity index (χ2n) is 6.50. The fourth-order valence-corrected chi connectivity index (χ4v) is 4.93. The lowest BCUT2D eigenvalue weighted by molar-refractivity contribution is 0.134. The molecule has 1 aromatic heterocycles. The zero-order chi connectivity index (χ0) is 14.2. The SMILES string of the molecule is OC(c1ccccc1C1CCC1)C1CCCc2sccc21. The van der Waals surface area contributed by atoms with E-state index in [0.29, 0.717) is 11.8 Å². The quantitative estimate of drug-likeness (QED) is 0.829. The highest BCUT2D eigenvalue weighted by Crippen LogP contribution is 2.46. The Morgan fingerprint density at radius 1 is 1.00 bits per heavy atom. The predicted molar refractivity (Wildman–Crippen MR) is 88.0 cm³/mol. The molecule has 2 atom stereocenters. The molecule has 21 heavy (non-hydrogen) atoms. The van der Waals surface area contributed by atoms with Crippen LogP contribution in [0.1, 0.15) is 71.6 Å². The molecule has 2 aliphatic rings. The standard InChI is InChI=1S/C19H22OS/c20-19(17-9-4-10-18-15(17)11-12-21-18)16-8-2-1-7-14(16)13-5-3-6-13/h1-2,7-8,11-13,17,19-20H,3-6,9-10H2. The van der Waals surface area contributed by atoms with Crippen LogP contribution in [0.5, 0.6) is 0 Å². The smallest absolute Gasteiger partial charge is 0.0861 e. The summed E-state index contributed by atoms with van der Waals surface area (Å²) in [6, 6.07) is 10.8. The Labute approximate surface area is 130 Å². The van der Waals surface area contributed by atoms with E-state index in [1.54, 1.807) is 0 Å². The number of aryl methyl sites for hydroxylation is 1. The monoisotopic (exact) mass is 298 g/mol. The van der Waals surface area contributed by atoms with Crippen molar-refractivity contribution in [2.24, 2.45) is 0 Å². The van der Waals surface area contributed by atoms with Crippen LogP contribution in [-0.2, 0) is 6.42 Å². The van der Waals surface area contributed by atoms with Crippen molar-refractivity contribution in [1.82, 2.24) is 0 Å². The molecule has 1 nitrogen and oxygen atoms in total. The summed E-state index contributed by atoms with van der Waals surface area (Å²) in [7, 11) is 0. The van der Waals surface area contributed by atoms with Gasteiger partial charge in [0.05, 0.1) is 6.10 Å². The van der Waals surface area contributed by atoms with Gasteiger partial charge in [0, 0.05) is 10.8 Å². The molecule has 0 saturated heterocycles. The van der Waals surface area contributed by atoms with Crippen molar-refractivity contribution >= 4 is 11.3 Å². The minimum Gasteiger partial charge on any atom is -0.388 e. The van der Waals surface area contributed by atoms with E-state index < -0.39 is 0 Å². The summed E-state index contributed by atoms with van der Waals surface area (Å²) >= 11 is 1.86. The van der Waals surface area contributed by atoms with E-state index in [9.17, 15) is 5.11 Å². The third kappa shape index (κ3) is 2.35. The zero-order valence-corrected chi connectivity index (χ0v) is 13.1. The highest BCUT2D eigenvalue weighted by Gasteiger charge is 2.31. The third-order valence-electron chi connectivity index (χ3n) is 5.34. The van der Waals surface area contributed by atoms with Gasteiger partial charge in [0.15, 0.2) is 0 Å². The maximum Gasteiger partial charge on any atom is 0.0861 e. The molecule has 1 N–H and O–H groups in total. The molecule has 0 amide bonds. The van der Waals surface area contributed by atoms with Crippen LogP contribution < -0.4 is 0 Å². The van der Waals surface area contributed by atoms with Crippen LogP contribution in [0.25, 0.3) is 0 Å². The van der Waals surface area contributed by atoms with Crippen molar-refractivity contribution in [3.05, 3.63) is 57.3 Å². The molecule has 1 aromatic carbocycles. The van der Waals surface area contributed by atoms with E-state index >= 15 is 0 Å². The van der Waals surface area contributed by atoms with Gasteiger partial charge in [-0.2, -0.15) is 0 Å². The first-order valence-electron chi connectivity index (χ1n) is 8.18. The molecule has 0 spiro atoms. The van der Waals surface area contributed by atoms with E-state index in [2.05, 4.69) is 35.7 Å². The Morgan fingerprint density at radius 2 is 1.86 bits per heavy atom. The number of hydrogen-bond donors (Lipinski definition) is 1. The number of fused-ring (bicyclic) bond motifs is 1. The lowest BCUT2D eigenvalue weighted by Gasteiger charge is -2.33. The van der Waals surface area contributed by atoms with Crippen LogP contribution in [0, 0.1) is 0 Å². The topological polar surface area (TPSA) is 20.2 Å². The first-order chi connectivity index (χ1) is 10.3. The molecule has 0 bridgehead atoms. The van der Waals surface area contributed by atoms with E-state index in [0.717, 1.165) is 6.42 Å². The number of benzene rings is 1. The summed E-state index contributed by atoms with van der Waals surface area (Å²) in [6.07, 6.45) is 7.10. The molecular weight excluding hydrogens is 276 g/mol. The molecule has 110 valence electrons. The van der Waals surface area contributed by atoms with E-state index in [-0.39, 0.29) is 6.10 Å². The van der Waals surface area contributed by atoms with Crippen molar-refractivity contribution in [3.8, 4) is 0 Å². The Morgan fingerprint density at radius 3 is 2.67 bits per heavy atom. The number of aliphatic hydroxyl groups excluding tert-OH is 1. The van der Waals surface area contributed by atoms with Gasteiger partial charge < -0.3 is 5.11 Å². The number of rotatable bonds is 3. The minimum absolute atomic E-state index is 0.293. The highest BCUT2D eigenvalue weighted by molar-refractivity contribution is 7.10. The van der Waals surface area contributed by atoms with Crippen molar-refractivity contribution in [2.45, 2.75) is 56.5 Å². The lowest BCUT2D eigenvalue weighted by atomic mass is 9.74. The average Bonchev–Trinajstić information content (AvgIpc) is 2.93. The molecular formula is C19H22OS. The second-order valence-corrected chi connectivity index (χ2v) is 7.50. The number of hydrogen-bond acceptors (Lipinski definition) is 2. The van der Waals surface area contributed by atoms with Crippen molar-refractivity contribution in [3.63, 3.8) is 0 Å². The third-order valence-corrected chi connectivity index (χ3v) is 6.34. The van der Waals surface area contributed by atoms with E-state index in [4.69, 9.17) is 0 Å². The lowest BCUT2D eigenvalue weighted by Crippen LogP contribution is -2.19. The van der Waals surface area contributed by atoms with Gasteiger partial charge in [-0.05, 0) is 66.2 Å². The Kier molecular flexibility index (Phi) is 3.60. The van der Waals surface area contributed by atoms with Crippen LogP contribution in [0.2, 0.25) is 0 Å².